The molecule has 3 aromatic heterocycles. The number of rotatable bonds is 7. The molecule has 7 nitrogen and oxygen atoms in total. The van der Waals surface area contributed by atoms with Gasteiger partial charge in [-0.2, -0.15) is 0 Å². The zero-order valence-corrected chi connectivity index (χ0v) is 20.9. The maximum atomic E-state index is 12.7. The zero-order valence-electron chi connectivity index (χ0n) is 19.3. The fourth-order valence-corrected chi connectivity index (χ4v) is 5.76. The maximum absolute atomic E-state index is 12.7. The highest BCUT2D eigenvalue weighted by atomic mass is 32.2. The molecular formula is C24H26N4O3S2. The van der Waals surface area contributed by atoms with Crippen molar-refractivity contribution in [2.75, 3.05) is 17.7 Å². The van der Waals surface area contributed by atoms with Crippen LogP contribution in [0, 0.1) is 27.7 Å². The Morgan fingerprint density at radius 1 is 1.15 bits per heavy atom. The number of carbonyl (C=O) groups is 2. The highest BCUT2D eigenvalue weighted by Gasteiger charge is 2.22. The lowest BCUT2D eigenvalue weighted by molar-refractivity contribution is -0.115. The van der Waals surface area contributed by atoms with Crippen molar-refractivity contribution < 1.29 is 14.3 Å². The molecule has 0 aliphatic heterocycles. The van der Waals surface area contributed by atoms with Gasteiger partial charge in [0, 0.05) is 22.4 Å². The van der Waals surface area contributed by atoms with Gasteiger partial charge in [0.1, 0.15) is 5.00 Å². The van der Waals surface area contributed by atoms with Crippen LogP contribution >= 0.6 is 23.1 Å². The van der Waals surface area contributed by atoms with E-state index in [1.54, 1.807) is 6.92 Å². The van der Waals surface area contributed by atoms with Crippen LogP contribution in [0.25, 0.3) is 16.6 Å². The largest absolute Gasteiger partial charge is 0.462 e. The van der Waals surface area contributed by atoms with E-state index in [1.807, 2.05) is 19.9 Å². The molecule has 33 heavy (non-hydrogen) atoms. The molecule has 0 bridgehead atoms. The molecule has 0 atom stereocenters. The van der Waals surface area contributed by atoms with Crippen molar-refractivity contribution >= 4 is 56.5 Å². The summed E-state index contributed by atoms with van der Waals surface area (Å²) < 4.78 is 7.22. The van der Waals surface area contributed by atoms with Gasteiger partial charge in [-0.15, -0.1) is 21.5 Å². The van der Waals surface area contributed by atoms with Crippen LogP contribution in [0.1, 0.15) is 45.3 Å². The number of thiophene rings is 1. The number of anilines is 1. The molecule has 0 aliphatic rings. The number of esters is 1. The molecule has 4 rings (SSSR count). The van der Waals surface area contributed by atoms with Gasteiger partial charge in [-0.05, 0) is 57.4 Å². The second-order valence-electron chi connectivity index (χ2n) is 7.83. The molecule has 0 unspecified atom stereocenters. The average Bonchev–Trinajstić information content (AvgIpc) is 3.28. The first-order valence-corrected chi connectivity index (χ1v) is 12.6. The summed E-state index contributed by atoms with van der Waals surface area (Å²) in [6.45, 7) is 10.0. The summed E-state index contributed by atoms with van der Waals surface area (Å²) in [5.41, 5.74) is 5.48. The van der Waals surface area contributed by atoms with Crippen molar-refractivity contribution in [3.63, 3.8) is 0 Å². The van der Waals surface area contributed by atoms with Crippen LogP contribution in [-0.4, -0.2) is 38.8 Å². The molecule has 1 aromatic carbocycles. The lowest BCUT2D eigenvalue weighted by atomic mass is 10.1. The fraction of sp³-hybridized carbons (Fsp3) is 0.333. The molecule has 9 heteroatoms. The number of pyridine rings is 1. The summed E-state index contributed by atoms with van der Waals surface area (Å²) in [5, 5.41) is 14.1. The first-order chi connectivity index (χ1) is 15.8. The predicted octanol–water partition coefficient (Wildman–Crippen LogP) is 5.48. The second kappa shape index (κ2) is 9.52. The molecule has 0 aliphatic carbocycles. The van der Waals surface area contributed by atoms with Gasteiger partial charge in [-0.3, -0.25) is 9.20 Å². The number of para-hydroxylation sites is 1. The van der Waals surface area contributed by atoms with E-state index in [-0.39, 0.29) is 18.9 Å². The monoisotopic (exact) mass is 482 g/mol. The quantitative estimate of drug-likeness (QED) is 0.277. The maximum Gasteiger partial charge on any atom is 0.341 e. The molecule has 3 heterocycles. The number of aryl methyl sites for hydroxylation is 3. The smallest absolute Gasteiger partial charge is 0.341 e. The molecule has 0 radical (unpaired) electrons. The summed E-state index contributed by atoms with van der Waals surface area (Å²) in [6, 6.07) is 8.26. The second-order valence-corrected chi connectivity index (χ2v) is 10.1. The number of benzene rings is 1. The van der Waals surface area contributed by atoms with Crippen molar-refractivity contribution in [1.29, 1.82) is 0 Å². The van der Waals surface area contributed by atoms with E-state index in [2.05, 4.69) is 52.0 Å². The van der Waals surface area contributed by atoms with Crippen molar-refractivity contribution in [2.24, 2.45) is 0 Å². The Morgan fingerprint density at radius 3 is 2.70 bits per heavy atom. The van der Waals surface area contributed by atoms with Crippen LogP contribution in [0.15, 0.2) is 29.4 Å². The molecule has 0 saturated heterocycles. The number of carbonyl (C=O) groups excluding carboxylic acids is 2. The van der Waals surface area contributed by atoms with Gasteiger partial charge in [0.05, 0.1) is 17.7 Å². The number of aromatic nitrogens is 3. The standard InChI is InChI=1S/C24H26N4O3S2/c1-6-31-23(30)20-15(4)16(5)33-22(20)25-19(29)10-11-32-24-27-26-18-12-14(3)17-9-7-8-13(2)21(17)28(18)24/h7-9,12H,6,10-11H2,1-5H3,(H,25,29). The highest BCUT2D eigenvalue weighted by molar-refractivity contribution is 7.99. The molecule has 1 N–H and O–H groups in total. The number of hydrogen-bond acceptors (Lipinski definition) is 7. The van der Waals surface area contributed by atoms with E-state index in [0.29, 0.717) is 16.3 Å². The van der Waals surface area contributed by atoms with E-state index >= 15 is 0 Å². The van der Waals surface area contributed by atoms with Crippen molar-refractivity contribution in [2.45, 2.75) is 46.2 Å². The Hall–Kier alpha value is -2.91. The van der Waals surface area contributed by atoms with Gasteiger partial charge in [-0.25, -0.2) is 4.79 Å². The number of thioether (sulfide) groups is 1. The van der Waals surface area contributed by atoms with E-state index in [0.717, 1.165) is 43.3 Å². The van der Waals surface area contributed by atoms with E-state index in [9.17, 15) is 9.59 Å². The van der Waals surface area contributed by atoms with Crippen LogP contribution in [0.2, 0.25) is 0 Å². The third-order valence-corrected chi connectivity index (χ3v) is 7.62. The predicted molar refractivity (Wildman–Crippen MR) is 134 cm³/mol. The van der Waals surface area contributed by atoms with Crippen molar-refractivity contribution in [1.82, 2.24) is 14.6 Å². The minimum atomic E-state index is -0.406. The average molecular weight is 483 g/mol. The fourth-order valence-electron chi connectivity index (χ4n) is 3.81. The SMILES string of the molecule is CCOC(=O)c1c(NC(=O)CCSc2nnc3cc(C)c4cccc(C)c4n23)sc(C)c1C. The van der Waals surface area contributed by atoms with Crippen molar-refractivity contribution in [3.8, 4) is 0 Å². The van der Waals surface area contributed by atoms with Crippen LogP contribution < -0.4 is 5.32 Å². The lowest BCUT2D eigenvalue weighted by Crippen LogP contribution is -2.15. The topological polar surface area (TPSA) is 85.6 Å². The van der Waals surface area contributed by atoms with Gasteiger partial charge in [0.2, 0.25) is 5.91 Å². The van der Waals surface area contributed by atoms with E-state index in [1.165, 1.54) is 23.1 Å². The third kappa shape index (κ3) is 4.47. The first kappa shape index (κ1) is 23.3. The van der Waals surface area contributed by atoms with E-state index < -0.39 is 5.97 Å². The van der Waals surface area contributed by atoms with Crippen molar-refractivity contribution in [3.05, 3.63) is 51.4 Å². The molecule has 0 spiro atoms. The summed E-state index contributed by atoms with van der Waals surface area (Å²) in [5.74, 6) is -0.0251. The third-order valence-electron chi connectivity index (χ3n) is 5.57. The summed E-state index contributed by atoms with van der Waals surface area (Å²) in [6.07, 6.45) is 0.278. The Balaban J connectivity index is 1.49. The van der Waals surface area contributed by atoms with Gasteiger partial charge < -0.3 is 10.1 Å². The Labute approximate surface area is 200 Å². The number of nitrogens with zero attached hydrogens (tertiary/aromatic N) is 3. The molecule has 0 fully saturated rings. The molecule has 172 valence electrons. The van der Waals surface area contributed by atoms with Crippen LogP contribution in [0.5, 0.6) is 0 Å². The zero-order chi connectivity index (χ0) is 23.7. The minimum Gasteiger partial charge on any atom is -0.462 e. The molecular weight excluding hydrogens is 456 g/mol. The van der Waals surface area contributed by atoms with Gasteiger partial charge >= 0.3 is 5.97 Å². The number of nitrogens with one attached hydrogen (secondary N) is 1. The van der Waals surface area contributed by atoms with Crippen LogP contribution in [0.3, 0.4) is 0 Å². The number of ether oxygens (including phenoxy) is 1. The Morgan fingerprint density at radius 2 is 1.94 bits per heavy atom. The molecule has 0 saturated carbocycles. The molecule has 1 amide bonds. The Kier molecular flexibility index (Phi) is 6.71. The number of fused-ring (bicyclic) bond motifs is 3. The first-order valence-electron chi connectivity index (χ1n) is 10.8. The van der Waals surface area contributed by atoms with Crippen LogP contribution in [-0.2, 0) is 9.53 Å². The number of hydrogen-bond donors (Lipinski definition) is 1. The summed E-state index contributed by atoms with van der Waals surface area (Å²) >= 11 is 2.89. The lowest BCUT2D eigenvalue weighted by Gasteiger charge is -2.10. The summed E-state index contributed by atoms with van der Waals surface area (Å²) in [7, 11) is 0. The van der Waals surface area contributed by atoms with Gasteiger partial charge in [0.25, 0.3) is 0 Å². The summed E-state index contributed by atoms with van der Waals surface area (Å²) in [4.78, 5) is 26.0. The van der Waals surface area contributed by atoms with E-state index in [4.69, 9.17) is 4.74 Å². The van der Waals surface area contributed by atoms with Crippen LogP contribution in [0.4, 0.5) is 5.00 Å². The number of amides is 1. The Bertz CT molecular complexity index is 1370. The normalized spacial score (nSPS) is 11.3. The van der Waals surface area contributed by atoms with Gasteiger partial charge in [0.15, 0.2) is 10.8 Å². The minimum absolute atomic E-state index is 0.153. The highest BCUT2D eigenvalue weighted by Crippen LogP contribution is 2.33. The van der Waals surface area contributed by atoms with Gasteiger partial charge in [-0.1, -0.05) is 30.0 Å². The molecule has 4 aromatic rings.